The standard InChI is InChI=1S/C27H41ClN4O5.2H2S/c1-35-23-15-21(29)20(28)14-19(23)27(34)30-22-9-13-31(17-25(22)36-2)10-5-3-4-6-26(33)37-24-16-32-11-7-18(24)8-12-32;;/h14-15,18,22,24-25H,3-13,16-17,29H2,1-2H3,(H,30,34);2*1H2/t22-,24+,25+;;/m0../s1. The highest BCUT2D eigenvalue weighted by atomic mass is 35.5. The number of carbonyl (C=O) groups is 2. The number of hydrogen-bond donors (Lipinski definition) is 2. The Morgan fingerprint density at radius 2 is 1.77 bits per heavy atom. The molecular formula is C27H45ClN4O5S2. The molecule has 3 atom stereocenters. The molecule has 0 unspecified atom stereocenters. The monoisotopic (exact) mass is 604 g/mol. The molecule has 0 radical (unpaired) electrons. The Morgan fingerprint density at radius 1 is 1.03 bits per heavy atom. The van der Waals surface area contributed by atoms with Crippen molar-refractivity contribution in [2.24, 2.45) is 5.92 Å². The van der Waals surface area contributed by atoms with E-state index < -0.39 is 0 Å². The van der Waals surface area contributed by atoms with Crippen molar-refractivity contribution < 1.29 is 23.8 Å². The number of nitrogens with zero attached hydrogens (tertiary/aromatic N) is 2. The van der Waals surface area contributed by atoms with E-state index in [1.165, 1.54) is 13.2 Å². The van der Waals surface area contributed by atoms with Crippen LogP contribution in [0.4, 0.5) is 5.69 Å². The van der Waals surface area contributed by atoms with Gasteiger partial charge in [0, 0.05) is 39.2 Å². The van der Waals surface area contributed by atoms with Crippen molar-refractivity contribution in [1.29, 1.82) is 0 Å². The average Bonchev–Trinajstić information content (AvgIpc) is 2.91. The summed E-state index contributed by atoms with van der Waals surface area (Å²) in [5.41, 5.74) is 6.56. The average molecular weight is 605 g/mol. The lowest BCUT2D eigenvalue weighted by atomic mass is 9.86. The number of amides is 1. The molecule has 4 aliphatic rings. The molecule has 5 rings (SSSR count). The maximum absolute atomic E-state index is 13.0. The van der Waals surface area contributed by atoms with Crippen LogP contribution < -0.4 is 15.8 Å². The summed E-state index contributed by atoms with van der Waals surface area (Å²) in [7, 11) is 3.17. The topological polar surface area (TPSA) is 106 Å². The molecule has 3 N–H and O–H groups in total. The number of carbonyl (C=O) groups excluding carboxylic acids is 2. The fourth-order valence-corrected chi connectivity index (χ4v) is 5.97. The van der Waals surface area contributed by atoms with Crippen molar-refractivity contribution in [3.8, 4) is 5.75 Å². The molecule has 9 nitrogen and oxygen atoms in total. The van der Waals surface area contributed by atoms with Crippen LogP contribution in [-0.4, -0.2) is 93.4 Å². The Kier molecular flexibility index (Phi) is 14.0. The predicted molar refractivity (Wildman–Crippen MR) is 164 cm³/mol. The minimum absolute atomic E-state index is 0. The number of ether oxygens (including phenoxy) is 3. The van der Waals surface area contributed by atoms with Crippen LogP contribution in [0.2, 0.25) is 5.02 Å². The van der Waals surface area contributed by atoms with Gasteiger partial charge in [-0.05, 0) is 63.7 Å². The molecule has 1 aromatic carbocycles. The highest BCUT2D eigenvalue weighted by Crippen LogP contribution is 2.30. The van der Waals surface area contributed by atoms with Gasteiger partial charge >= 0.3 is 5.97 Å². The van der Waals surface area contributed by atoms with Crippen LogP contribution >= 0.6 is 38.6 Å². The number of rotatable bonds is 11. The Balaban J connectivity index is 0.00000267. The van der Waals surface area contributed by atoms with E-state index in [2.05, 4.69) is 15.1 Å². The van der Waals surface area contributed by atoms with E-state index in [1.807, 2.05) is 0 Å². The molecular weight excluding hydrogens is 560 g/mol. The Bertz CT molecular complexity index is 951. The van der Waals surface area contributed by atoms with Gasteiger partial charge < -0.3 is 30.2 Å². The maximum atomic E-state index is 13.0. The highest BCUT2D eigenvalue weighted by molar-refractivity contribution is 7.59. The fourth-order valence-electron chi connectivity index (χ4n) is 5.80. The van der Waals surface area contributed by atoms with Crippen LogP contribution in [0.25, 0.3) is 0 Å². The van der Waals surface area contributed by atoms with Crippen LogP contribution in [0.1, 0.15) is 55.3 Å². The number of methoxy groups -OCH3 is 2. The molecule has 39 heavy (non-hydrogen) atoms. The molecule has 1 amide bonds. The van der Waals surface area contributed by atoms with E-state index in [4.69, 9.17) is 31.5 Å². The van der Waals surface area contributed by atoms with Crippen LogP contribution in [0.15, 0.2) is 12.1 Å². The number of hydrogen-bond acceptors (Lipinski definition) is 8. The summed E-state index contributed by atoms with van der Waals surface area (Å²) >= 11 is 6.13. The van der Waals surface area contributed by atoms with Crippen molar-refractivity contribution in [3.63, 3.8) is 0 Å². The Morgan fingerprint density at radius 3 is 2.41 bits per heavy atom. The third-order valence-electron chi connectivity index (χ3n) is 8.06. The minimum Gasteiger partial charge on any atom is -0.496 e. The van der Waals surface area contributed by atoms with E-state index in [0.29, 0.717) is 34.4 Å². The van der Waals surface area contributed by atoms with Crippen LogP contribution in [0.3, 0.4) is 0 Å². The molecule has 4 saturated heterocycles. The molecule has 0 saturated carbocycles. The first-order valence-electron chi connectivity index (χ1n) is 13.5. The number of nitrogens with two attached hydrogens (primary N) is 1. The molecule has 4 aliphatic heterocycles. The van der Waals surface area contributed by atoms with E-state index in [-0.39, 0.29) is 57.1 Å². The number of anilines is 1. The first-order valence-corrected chi connectivity index (χ1v) is 13.9. The summed E-state index contributed by atoms with van der Waals surface area (Å²) in [4.78, 5) is 30.0. The molecule has 4 fully saturated rings. The highest BCUT2D eigenvalue weighted by Gasteiger charge is 2.36. The van der Waals surface area contributed by atoms with Gasteiger partial charge in [-0.25, -0.2) is 0 Å². The van der Waals surface area contributed by atoms with Crippen molar-refractivity contribution in [1.82, 2.24) is 15.1 Å². The predicted octanol–water partition coefficient (Wildman–Crippen LogP) is 3.17. The van der Waals surface area contributed by atoms with Gasteiger partial charge in [-0.2, -0.15) is 27.0 Å². The van der Waals surface area contributed by atoms with E-state index in [1.54, 1.807) is 13.2 Å². The zero-order valence-corrected chi connectivity index (χ0v) is 25.8. The summed E-state index contributed by atoms with van der Waals surface area (Å²) < 4.78 is 16.8. The Hall–Kier alpha value is -1.37. The van der Waals surface area contributed by atoms with Crippen LogP contribution in [-0.2, 0) is 14.3 Å². The summed E-state index contributed by atoms with van der Waals surface area (Å²) in [5, 5.41) is 3.40. The van der Waals surface area contributed by atoms with Crippen molar-refractivity contribution in [2.45, 2.75) is 63.2 Å². The number of halogens is 1. The summed E-state index contributed by atoms with van der Waals surface area (Å²) in [5.74, 6) is 0.637. The van der Waals surface area contributed by atoms with Crippen LogP contribution in [0.5, 0.6) is 5.75 Å². The molecule has 0 aliphatic carbocycles. The number of fused-ring (bicyclic) bond motifs is 3. The molecule has 0 spiro atoms. The van der Waals surface area contributed by atoms with Gasteiger partial charge in [0.05, 0.1) is 35.5 Å². The quantitative estimate of drug-likeness (QED) is 0.225. The van der Waals surface area contributed by atoms with Crippen molar-refractivity contribution in [3.05, 3.63) is 22.7 Å². The molecule has 0 aromatic heterocycles. The number of unbranched alkanes of at least 4 members (excludes halogenated alkanes) is 2. The lowest BCUT2D eigenvalue weighted by molar-refractivity contribution is -0.158. The lowest BCUT2D eigenvalue weighted by Gasteiger charge is -2.43. The summed E-state index contributed by atoms with van der Waals surface area (Å²) in [6.45, 7) is 5.76. The number of esters is 1. The van der Waals surface area contributed by atoms with Crippen molar-refractivity contribution in [2.75, 3.05) is 59.2 Å². The normalized spacial score (nSPS) is 26.2. The molecule has 4 heterocycles. The van der Waals surface area contributed by atoms with Gasteiger partial charge in [0.2, 0.25) is 0 Å². The fraction of sp³-hybridized carbons (Fsp3) is 0.704. The first kappa shape index (κ1) is 33.8. The van der Waals surface area contributed by atoms with Gasteiger partial charge in [-0.1, -0.05) is 18.0 Å². The Labute approximate surface area is 251 Å². The molecule has 12 heteroatoms. The zero-order valence-electron chi connectivity index (χ0n) is 23.0. The van der Waals surface area contributed by atoms with Gasteiger partial charge in [0.25, 0.3) is 5.91 Å². The number of nitrogens with one attached hydrogen (secondary N) is 1. The molecule has 222 valence electrons. The summed E-state index contributed by atoms with van der Waals surface area (Å²) in [6.07, 6.45) is 6.42. The van der Waals surface area contributed by atoms with E-state index in [0.717, 1.165) is 77.8 Å². The summed E-state index contributed by atoms with van der Waals surface area (Å²) in [6, 6.07) is 2.98. The SMILES string of the molecule is COc1cc(N)c(Cl)cc1C(=O)N[C@H]1CCN(CCCCCC(=O)O[C@@H]2CN3CCC2CC3)C[C@H]1OC.S.S. The maximum Gasteiger partial charge on any atom is 0.306 e. The number of piperidine rings is 4. The third-order valence-corrected chi connectivity index (χ3v) is 8.39. The van der Waals surface area contributed by atoms with Crippen molar-refractivity contribution >= 4 is 56.2 Å². The van der Waals surface area contributed by atoms with Gasteiger partial charge in [-0.15, -0.1) is 0 Å². The van der Waals surface area contributed by atoms with Gasteiger partial charge in [0.1, 0.15) is 11.9 Å². The second-order valence-electron chi connectivity index (χ2n) is 10.5. The first-order chi connectivity index (χ1) is 17.9. The second kappa shape index (κ2) is 16.2. The van der Waals surface area contributed by atoms with E-state index >= 15 is 0 Å². The van der Waals surface area contributed by atoms with Crippen LogP contribution in [0, 0.1) is 5.92 Å². The number of likely N-dealkylation sites (tertiary alicyclic amines) is 1. The third kappa shape index (κ3) is 9.06. The second-order valence-corrected chi connectivity index (χ2v) is 10.9. The van der Waals surface area contributed by atoms with Gasteiger partial charge in [0.15, 0.2) is 0 Å². The largest absolute Gasteiger partial charge is 0.496 e. The number of nitrogen functional groups attached to an aromatic ring is 1. The molecule has 1 aromatic rings. The minimum atomic E-state index is -0.260. The zero-order chi connectivity index (χ0) is 26.4. The van der Waals surface area contributed by atoms with Gasteiger partial charge in [-0.3, -0.25) is 14.5 Å². The number of benzene rings is 1. The lowest BCUT2D eigenvalue weighted by Crippen LogP contribution is -2.54. The van der Waals surface area contributed by atoms with E-state index in [9.17, 15) is 9.59 Å². The molecule has 2 bridgehead atoms. The smallest absolute Gasteiger partial charge is 0.306 e.